The van der Waals surface area contributed by atoms with Crippen molar-refractivity contribution >= 4 is 22.8 Å². The van der Waals surface area contributed by atoms with Crippen LogP contribution >= 0.6 is 0 Å². The fraction of sp³-hybridized carbons (Fsp3) is 0.304. The number of hydrogen-bond acceptors (Lipinski definition) is 6. The van der Waals surface area contributed by atoms with Crippen LogP contribution in [0.3, 0.4) is 0 Å². The molecule has 1 atom stereocenters. The molecule has 0 aliphatic carbocycles. The highest BCUT2D eigenvalue weighted by Gasteiger charge is 2.23. The van der Waals surface area contributed by atoms with Crippen LogP contribution in [0.4, 0.5) is 5.69 Å². The highest BCUT2D eigenvalue weighted by Crippen LogP contribution is 2.33. The summed E-state index contributed by atoms with van der Waals surface area (Å²) in [6, 6.07) is 11.3. The number of anilines is 1. The zero-order chi connectivity index (χ0) is 21.4. The van der Waals surface area contributed by atoms with Crippen LogP contribution in [-0.4, -0.2) is 32.0 Å². The molecule has 3 aromatic heterocycles. The molecule has 0 radical (unpaired) electrons. The molecule has 5 rings (SSSR count). The number of nitrogens with zero attached hydrogens (tertiary/aromatic N) is 4. The number of amides is 1. The monoisotopic (exact) mass is 417 g/mol. The largest absolute Gasteiger partial charge is 0.458 e. The number of aromatic nitrogens is 4. The number of carbonyl (C=O) groups is 1. The second kappa shape index (κ2) is 7.96. The van der Waals surface area contributed by atoms with Gasteiger partial charge in [0, 0.05) is 24.8 Å². The van der Waals surface area contributed by atoms with Crippen molar-refractivity contribution in [1.29, 1.82) is 0 Å². The molecule has 1 fully saturated rings. The average Bonchev–Trinajstić information content (AvgIpc) is 3.39. The molecule has 1 aliphatic rings. The minimum atomic E-state index is -0.129. The predicted octanol–water partition coefficient (Wildman–Crippen LogP) is 4.72. The van der Waals surface area contributed by atoms with Gasteiger partial charge in [-0.05, 0) is 50.5 Å². The van der Waals surface area contributed by atoms with Gasteiger partial charge in [-0.3, -0.25) is 9.36 Å². The van der Waals surface area contributed by atoms with E-state index in [0.717, 1.165) is 37.2 Å². The Kier molecular flexibility index (Phi) is 4.99. The van der Waals surface area contributed by atoms with Crippen LogP contribution < -0.4 is 5.32 Å². The van der Waals surface area contributed by atoms with Crippen LogP contribution in [-0.2, 0) is 9.53 Å². The van der Waals surface area contributed by atoms with E-state index in [2.05, 4.69) is 10.3 Å². The molecule has 1 amide bonds. The fourth-order valence-electron chi connectivity index (χ4n) is 3.88. The SMILES string of the molecule is CC(=O)Nc1cccc(-c2nc(-c3ccc(C)o3)nc3c2ncn3C2CCCCO2)c1. The minimum absolute atomic E-state index is 0.0987. The topological polar surface area (TPSA) is 95.1 Å². The Labute approximate surface area is 179 Å². The van der Waals surface area contributed by atoms with E-state index in [9.17, 15) is 4.79 Å². The van der Waals surface area contributed by atoms with Crippen molar-refractivity contribution in [2.24, 2.45) is 0 Å². The molecule has 158 valence electrons. The molecule has 31 heavy (non-hydrogen) atoms. The second-order valence-electron chi connectivity index (χ2n) is 7.71. The van der Waals surface area contributed by atoms with Gasteiger partial charge in [0.15, 0.2) is 17.2 Å². The van der Waals surface area contributed by atoms with Gasteiger partial charge in [0.25, 0.3) is 0 Å². The maximum Gasteiger partial charge on any atom is 0.221 e. The minimum Gasteiger partial charge on any atom is -0.458 e. The molecule has 4 heterocycles. The highest BCUT2D eigenvalue weighted by atomic mass is 16.5. The summed E-state index contributed by atoms with van der Waals surface area (Å²) >= 11 is 0. The lowest BCUT2D eigenvalue weighted by atomic mass is 10.1. The van der Waals surface area contributed by atoms with Crippen molar-refractivity contribution in [3.05, 3.63) is 48.5 Å². The van der Waals surface area contributed by atoms with Crippen LogP contribution in [0.1, 0.15) is 38.2 Å². The van der Waals surface area contributed by atoms with Gasteiger partial charge in [-0.2, -0.15) is 0 Å². The molecule has 8 nitrogen and oxygen atoms in total. The summed E-state index contributed by atoms with van der Waals surface area (Å²) in [4.78, 5) is 25.8. The fourth-order valence-corrected chi connectivity index (χ4v) is 3.88. The molecule has 0 spiro atoms. The lowest BCUT2D eigenvalue weighted by molar-refractivity contribution is -0.114. The van der Waals surface area contributed by atoms with E-state index in [-0.39, 0.29) is 12.1 Å². The van der Waals surface area contributed by atoms with E-state index in [0.29, 0.717) is 34.1 Å². The van der Waals surface area contributed by atoms with Crippen molar-refractivity contribution in [3.8, 4) is 22.8 Å². The van der Waals surface area contributed by atoms with Gasteiger partial charge < -0.3 is 14.5 Å². The molecule has 1 unspecified atom stereocenters. The Hall–Kier alpha value is -3.52. The Bertz CT molecular complexity index is 1250. The number of aryl methyl sites for hydroxylation is 1. The number of imidazole rings is 1. The van der Waals surface area contributed by atoms with Gasteiger partial charge in [-0.25, -0.2) is 15.0 Å². The van der Waals surface area contributed by atoms with Crippen LogP contribution in [0.2, 0.25) is 0 Å². The first-order valence-electron chi connectivity index (χ1n) is 10.4. The van der Waals surface area contributed by atoms with Crippen LogP contribution in [0.15, 0.2) is 47.1 Å². The quantitative estimate of drug-likeness (QED) is 0.516. The summed E-state index contributed by atoms with van der Waals surface area (Å²) in [5.74, 6) is 1.74. The van der Waals surface area contributed by atoms with Crippen molar-refractivity contribution in [2.45, 2.75) is 39.3 Å². The van der Waals surface area contributed by atoms with E-state index in [4.69, 9.17) is 19.1 Å². The maximum atomic E-state index is 11.5. The lowest BCUT2D eigenvalue weighted by Crippen LogP contribution is -2.17. The third-order valence-corrected chi connectivity index (χ3v) is 5.30. The second-order valence-corrected chi connectivity index (χ2v) is 7.71. The summed E-state index contributed by atoms with van der Waals surface area (Å²) in [5.41, 5.74) is 3.59. The number of fused-ring (bicyclic) bond motifs is 1. The Morgan fingerprint density at radius 1 is 1.19 bits per heavy atom. The smallest absolute Gasteiger partial charge is 0.221 e. The molecule has 4 aromatic rings. The summed E-state index contributed by atoms with van der Waals surface area (Å²) < 4.78 is 13.8. The lowest BCUT2D eigenvalue weighted by Gasteiger charge is -2.23. The predicted molar refractivity (Wildman–Crippen MR) is 116 cm³/mol. The molecular formula is C23H23N5O3. The summed E-state index contributed by atoms with van der Waals surface area (Å²) in [6.07, 6.45) is 4.76. The number of furan rings is 1. The molecular weight excluding hydrogens is 394 g/mol. The number of ether oxygens (including phenoxy) is 1. The molecule has 0 bridgehead atoms. The van der Waals surface area contributed by atoms with Crippen LogP contribution in [0, 0.1) is 6.92 Å². The van der Waals surface area contributed by atoms with Crippen molar-refractivity contribution in [1.82, 2.24) is 19.5 Å². The van der Waals surface area contributed by atoms with Gasteiger partial charge in [-0.1, -0.05) is 12.1 Å². The van der Waals surface area contributed by atoms with Gasteiger partial charge >= 0.3 is 0 Å². The summed E-state index contributed by atoms with van der Waals surface area (Å²) in [5, 5.41) is 2.82. The number of carbonyl (C=O) groups excluding carboxylic acids is 1. The van der Waals surface area contributed by atoms with Crippen molar-refractivity contribution in [2.75, 3.05) is 11.9 Å². The van der Waals surface area contributed by atoms with Gasteiger partial charge in [0.2, 0.25) is 5.91 Å². The third kappa shape index (κ3) is 3.82. The maximum absolute atomic E-state index is 11.5. The standard InChI is InChI=1S/C23H23N5O3/c1-14-9-10-18(31-14)22-26-20(16-6-5-7-17(12-16)25-15(2)29)21-23(27-22)28(13-24-21)19-8-3-4-11-30-19/h5-7,9-10,12-13,19H,3-4,8,11H2,1-2H3,(H,25,29). The van der Waals surface area contributed by atoms with Crippen LogP contribution in [0.25, 0.3) is 34.0 Å². The average molecular weight is 417 g/mol. The summed E-state index contributed by atoms with van der Waals surface area (Å²) in [7, 11) is 0. The molecule has 0 saturated carbocycles. The number of benzene rings is 1. The van der Waals surface area contributed by atoms with E-state index >= 15 is 0 Å². The first-order chi connectivity index (χ1) is 15.1. The van der Waals surface area contributed by atoms with Crippen molar-refractivity contribution in [3.63, 3.8) is 0 Å². The molecule has 1 saturated heterocycles. The van der Waals surface area contributed by atoms with E-state index in [1.165, 1.54) is 6.92 Å². The zero-order valence-electron chi connectivity index (χ0n) is 17.5. The van der Waals surface area contributed by atoms with E-state index in [1.807, 2.05) is 47.9 Å². The normalized spacial score (nSPS) is 16.5. The number of hydrogen-bond donors (Lipinski definition) is 1. The zero-order valence-corrected chi connectivity index (χ0v) is 17.5. The molecule has 1 aliphatic heterocycles. The van der Waals surface area contributed by atoms with Gasteiger partial charge in [0.05, 0.1) is 6.33 Å². The Morgan fingerprint density at radius 3 is 2.84 bits per heavy atom. The van der Waals surface area contributed by atoms with Crippen molar-refractivity contribution < 1.29 is 13.9 Å². The Morgan fingerprint density at radius 2 is 2.10 bits per heavy atom. The third-order valence-electron chi connectivity index (χ3n) is 5.30. The van der Waals surface area contributed by atoms with Crippen LogP contribution in [0.5, 0.6) is 0 Å². The van der Waals surface area contributed by atoms with Gasteiger partial charge in [0.1, 0.15) is 23.2 Å². The highest BCUT2D eigenvalue weighted by molar-refractivity contribution is 5.92. The first kappa shape index (κ1) is 19.4. The number of nitrogens with one attached hydrogen (secondary N) is 1. The van der Waals surface area contributed by atoms with E-state index in [1.54, 1.807) is 6.33 Å². The number of rotatable bonds is 4. The summed E-state index contributed by atoms with van der Waals surface area (Å²) in [6.45, 7) is 4.10. The molecule has 8 heteroatoms. The van der Waals surface area contributed by atoms with E-state index < -0.39 is 0 Å². The Balaban J connectivity index is 1.69. The van der Waals surface area contributed by atoms with Gasteiger partial charge in [-0.15, -0.1) is 0 Å². The first-order valence-corrected chi connectivity index (χ1v) is 10.4. The molecule has 1 N–H and O–H groups in total. The molecule has 1 aromatic carbocycles.